The smallest absolute Gasteiger partial charge is 0.305 e. The molecule has 1 fully saturated rings. The highest BCUT2D eigenvalue weighted by Crippen LogP contribution is 2.36. The molecular formula is C24H31ClO6. The van der Waals surface area contributed by atoms with E-state index in [2.05, 4.69) is 4.74 Å². The standard InChI is InChI=1S/C24H31ClO6/c1-31-24(30)7-5-3-2-4-6-19-20(23(29)15-22(19)28)13-12-18(26)14-21(27)16-8-10-17(25)11-9-16/h2,4,8-13,18-20,22-23,26,28-29H,3,5-7,14-15H2,1H3/b4-2-,13-12+/t18-,19-,20-,22+,23-/m1/s1. The maximum absolute atomic E-state index is 12.3. The zero-order valence-corrected chi connectivity index (χ0v) is 18.4. The van der Waals surface area contributed by atoms with Crippen molar-refractivity contribution in [2.24, 2.45) is 11.8 Å². The number of allylic oxidation sites excluding steroid dienone is 2. The van der Waals surface area contributed by atoms with Crippen LogP contribution >= 0.6 is 11.6 Å². The van der Waals surface area contributed by atoms with Crippen LogP contribution in [0.5, 0.6) is 0 Å². The van der Waals surface area contributed by atoms with Gasteiger partial charge in [0.05, 0.1) is 25.4 Å². The molecule has 1 saturated carbocycles. The monoisotopic (exact) mass is 450 g/mol. The van der Waals surface area contributed by atoms with Crippen molar-refractivity contribution >= 4 is 23.4 Å². The molecule has 0 aromatic heterocycles. The maximum atomic E-state index is 12.3. The number of unbranched alkanes of at least 4 members (excludes halogenated alkanes) is 1. The molecule has 1 aliphatic carbocycles. The summed E-state index contributed by atoms with van der Waals surface area (Å²) in [4.78, 5) is 23.4. The van der Waals surface area contributed by atoms with E-state index in [0.717, 1.165) is 6.42 Å². The minimum atomic E-state index is -0.984. The molecule has 0 unspecified atom stereocenters. The Morgan fingerprint density at radius 1 is 1.19 bits per heavy atom. The van der Waals surface area contributed by atoms with Crippen LogP contribution in [0.2, 0.25) is 5.02 Å². The molecule has 5 atom stereocenters. The molecule has 6 nitrogen and oxygen atoms in total. The minimum Gasteiger partial charge on any atom is -0.469 e. The number of rotatable bonds is 11. The first-order valence-corrected chi connectivity index (χ1v) is 10.9. The molecular weight excluding hydrogens is 420 g/mol. The van der Waals surface area contributed by atoms with Gasteiger partial charge >= 0.3 is 5.97 Å². The van der Waals surface area contributed by atoms with Gasteiger partial charge in [-0.05, 0) is 49.4 Å². The SMILES string of the molecule is COC(=O)CCC/C=C\C[C@@H]1[C@@H](/C=C/[C@@H](O)CC(=O)c2ccc(Cl)cc2)[C@H](O)C[C@@H]1O. The number of ketones is 1. The van der Waals surface area contributed by atoms with Gasteiger partial charge in [0.2, 0.25) is 0 Å². The second kappa shape index (κ2) is 12.8. The first-order valence-electron chi connectivity index (χ1n) is 10.5. The lowest BCUT2D eigenvalue weighted by Crippen LogP contribution is -2.20. The average Bonchev–Trinajstić information content (AvgIpc) is 3.01. The second-order valence-electron chi connectivity index (χ2n) is 7.87. The Bertz CT molecular complexity index is 773. The van der Waals surface area contributed by atoms with Gasteiger partial charge in [0.25, 0.3) is 0 Å². The topological polar surface area (TPSA) is 104 Å². The summed E-state index contributed by atoms with van der Waals surface area (Å²) in [5, 5.41) is 31.4. The van der Waals surface area contributed by atoms with E-state index < -0.39 is 18.3 Å². The molecule has 7 heteroatoms. The number of carbonyl (C=O) groups is 2. The Kier molecular flexibility index (Phi) is 10.4. The number of halogens is 1. The summed E-state index contributed by atoms with van der Waals surface area (Å²) >= 11 is 5.82. The van der Waals surface area contributed by atoms with Crippen LogP contribution in [0.4, 0.5) is 0 Å². The van der Waals surface area contributed by atoms with Crippen LogP contribution in [0.3, 0.4) is 0 Å². The summed E-state index contributed by atoms with van der Waals surface area (Å²) < 4.78 is 4.60. The summed E-state index contributed by atoms with van der Waals surface area (Å²) in [5.41, 5.74) is 0.475. The molecule has 31 heavy (non-hydrogen) atoms. The van der Waals surface area contributed by atoms with E-state index in [1.165, 1.54) is 13.2 Å². The molecule has 0 bridgehead atoms. The Morgan fingerprint density at radius 2 is 1.90 bits per heavy atom. The van der Waals surface area contributed by atoms with Crippen molar-refractivity contribution in [1.82, 2.24) is 0 Å². The third kappa shape index (κ3) is 8.22. The molecule has 1 aliphatic rings. The zero-order chi connectivity index (χ0) is 22.8. The molecule has 170 valence electrons. The molecule has 0 spiro atoms. The highest BCUT2D eigenvalue weighted by atomic mass is 35.5. The quantitative estimate of drug-likeness (QED) is 0.206. The Balaban J connectivity index is 1.86. The Hall–Kier alpha value is -1.99. The van der Waals surface area contributed by atoms with Crippen LogP contribution in [0, 0.1) is 11.8 Å². The van der Waals surface area contributed by atoms with E-state index >= 15 is 0 Å². The van der Waals surface area contributed by atoms with E-state index in [-0.39, 0.29) is 36.4 Å². The Labute approximate surface area is 188 Å². The number of Topliss-reactive ketones (excluding diaryl/α,β-unsaturated/α-hetero) is 1. The number of hydrogen-bond donors (Lipinski definition) is 3. The minimum absolute atomic E-state index is 0.0751. The lowest BCUT2D eigenvalue weighted by Gasteiger charge is -2.19. The van der Waals surface area contributed by atoms with Crippen molar-refractivity contribution in [2.75, 3.05) is 7.11 Å². The first-order chi connectivity index (χ1) is 14.8. The van der Waals surface area contributed by atoms with Gasteiger partial charge in [0.15, 0.2) is 5.78 Å². The van der Waals surface area contributed by atoms with Crippen molar-refractivity contribution in [3.05, 3.63) is 59.2 Å². The van der Waals surface area contributed by atoms with Gasteiger partial charge in [-0.15, -0.1) is 0 Å². The van der Waals surface area contributed by atoms with E-state index in [1.807, 2.05) is 12.2 Å². The lowest BCUT2D eigenvalue weighted by molar-refractivity contribution is -0.140. The van der Waals surface area contributed by atoms with E-state index in [4.69, 9.17) is 11.6 Å². The first kappa shape index (κ1) is 25.3. The largest absolute Gasteiger partial charge is 0.469 e. The second-order valence-corrected chi connectivity index (χ2v) is 8.31. The van der Waals surface area contributed by atoms with E-state index in [9.17, 15) is 24.9 Å². The molecule has 0 amide bonds. The number of aliphatic hydroxyl groups is 3. The van der Waals surface area contributed by atoms with Crippen molar-refractivity contribution in [3.63, 3.8) is 0 Å². The van der Waals surface area contributed by atoms with Crippen molar-refractivity contribution < 1.29 is 29.6 Å². The van der Waals surface area contributed by atoms with Crippen LogP contribution in [-0.4, -0.2) is 52.5 Å². The number of methoxy groups -OCH3 is 1. The number of benzene rings is 1. The molecule has 1 aromatic carbocycles. The van der Waals surface area contributed by atoms with E-state index in [1.54, 1.807) is 30.3 Å². The fourth-order valence-electron chi connectivity index (χ4n) is 3.81. The van der Waals surface area contributed by atoms with Gasteiger partial charge in [0.1, 0.15) is 0 Å². The van der Waals surface area contributed by atoms with Gasteiger partial charge in [-0.2, -0.15) is 0 Å². The van der Waals surface area contributed by atoms with Gasteiger partial charge in [-0.1, -0.05) is 35.9 Å². The zero-order valence-electron chi connectivity index (χ0n) is 17.7. The summed E-state index contributed by atoms with van der Waals surface area (Å²) in [6.07, 6.45) is 7.36. The van der Waals surface area contributed by atoms with Gasteiger partial charge in [0, 0.05) is 35.8 Å². The van der Waals surface area contributed by atoms with Gasteiger partial charge in [-0.25, -0.2) is 0 Å². The number of aliphatic hydroxyl groups excluding tert-OH is 3. The number of carbonyl (C=O) groups excluding carboxylic acids is 2. The fourth-order valence-corrected chi connectivity index (χ4v) is 3.94. The molecule has 3 N–H and O–H groups in total. The predicted octanol–water partition coefficient (Wildman–Crippen LogP) is 3.48. The highest BCUT2D eigenvalue weighted by Gasteiger charge is 2.39. The summed E-state index contributed by atoms with van der Waals surface area (Å²) in [5.74, 6) is -0.925. The van der Waals surface area contributed by atoms with Crippen LogP contribution in [0.15, 0.2) is 48.6 Å². The molecule has 0 aliphatic heterocycles. The molecule has 1 aromatic rings. The van der Waals surface area contributed by atoms with Crippen LogP contribution < -0.4 is 0 Å². The van der Waals surface area contributed by atoms with Crippen LogP contribution in [0.1, 0.15) is 48.9 Å². The summed E-state index contributed by atoms with van der Waals surface area (Å²) in [6.45, 7) is 0. The summed E-state index contributed by atoms with van der Waals surface area (Å²) in [6, 6.07) is 6.49. The predicted molar refractivity (Wildman–Crippen MR) is 119 cm³/mol. The van der Waals surface area contributed by atoms with Crippen molar-refractivity contribution in [1.29, 1.82) is 0 Å². The highest BCUT2D eigenvalue weighted by molar-refractivity contribution is 6.30. The Morgan fingerprint density at radius 3 is 2.58 bits per heavy atom. The van der Waals surface area contributed by atoms with Crippen LogP contribution in [-0.2, 0) is 9.53 Å². The maximum Gasteiger partial charge on any atom is 0.305 e. The number of ether oxygens (including phenoxy) is 1. The third-order valence-corrected chi connectivity index (χ3v) is 5.84. The lowest BCUT2D eigenvalue weighted by atomic mass is 9.89. The molecule has 2 rings (SSSR count). The van der Waals surface area contributed by atoms with E-state index in [0.29, 0.717) is 29.8 Å². The van der Waals surface area contributed by atoms with Crippen molar-refractivity contribution in [3.8, 4) is 0 Å². The number of esters is 1. The van der Waals surface area contributed by atoms with Gasteiger partial charge in [-0.3, -0.25) is 9.59 Å². The summed E-state index contributed by atoms with van der Waals surface area (Å²) in [7, 11) is 1.36. The van der Waals surface area contributed by atoms with Gasteiger partial charge < -0.3 is 20.1 Å². The number of hydrogen-bond acceptors (Lipinski definition) is 6. The van der Waals surface area contributed by atoms with Crippen molar-refractivity contribution in [2.45, 2.75) is 56.8 Å². The third-order valence-electron chi connectivity index (χ3n) is 5.59. The molecule has 0 saturated heterocycles. The fraction of sp³-hybridized carbons (Fsp3) is 0.500. The molecule has 0 heterocycles. The van der Waals surface area contributed by atoms with Crippen LogP contribution in [0.25, 0.3) is 0 Å². The normalized spacial score (nSPS) is 24.7. The molecule has 0 radical (unpaired) electrons. The average molecular weight is 451 g/mol.